The van der Waals surface area contributed by atoms with Crippen LogP contribution >= 0.6 is 22.9 Å². The van der Waals surface area contributed by atoms with E-state index in [0.29, 0.717) is 12.1 Å². The highest BCUT2D eigenvalue weighted by Gasteiger charge is 2.29. The van der Waals surface area contributed by atoms with E-state index in [1.807, 2.05) is 0 Å². The van der Waals surface area contributed by atoms with Crippen molar-refractivity contribution < 1.29 is 0 Å². The van der Waals surface area contributed by atoms with Gasteiger partial charge in [-0.15, -0.1) is 11.3 Å². The predicted octanol–water partition coefficient (Wildman–Crippen LogP) is 5.34. The molecular formula is C16H24ClNS. The van der Waals surface area contributed by atoms with E-state index in [1.165, 1.54) is 61.8 Å². The third-order valence-corrected chi connectivity index (χ3v) is 6.26. The molecule has 1 N–H and O–H groups in total. The number of fused-ring (bicyclic) bond motifs is 1. The second-order valence-corrected chi connectivity index (χ2v) is 7.87. The van der Waals surface area contributed by atoms with Gasteiger partial charge in [0.15, 0.2) is 0 Å². The smallest absolute Gasteiger partial charge is 0.0934 e. The maximum Gasteiger partial charge on any atom is 0.0934 e. The van der Waals surface area contributed by atoms with Crippen LogP contribution < -0.4 is 5.32 Å². The summed E-state index contributed by atoms with van der Waals surface area (Å²) in [7, 11) is 0. The summed E-state index contributed by atoms with van der Waals surface area (Å²) >= 11 is 7.93. The number of nitrogens with one attached hydrogen (secondary N) is 1. The Morgan fingerprint density at radius 2 is 2.11 bits per heavy atom. The molecule has 1 aromatic rings. The highest BCUT2D eigenvalue weighted by Crippen LogP contribution is 2.40. The normalized spacial score (nSPS) is 25.5. The third-order valence-electron chi connectivity index (χ3n) is 4.92. The van der Waals surface area contributed by atoms with Gasteiger partial charge in [-0.2, -0.15) is 0 Å². The number of hydrogen-bond donors (Lipinski definition) is 1. The van der Waals surface area contributed by atoms with Crippen molar-refractivity contribution in [2.75, 3.05) is 0 Å². The molecule has 19 heavy (non-hydrogen) atoms. The molecule has 2 unspecified atom stereocenters. The van der Waals surface area contributed by atoms with Crippen LogP contribution in [0.25, 0.3) is 0 Å². The molecule has 1 nitrogen and oxygen atoms in total. The summed E-state index contributed by atoms with van der Waals surface area (Å²) in [5, 5.41) is 3.95. The highest BCUT2D eigenvalue weighted by atomic mass is 35.5. The molecule has 0 bridgehead atoms. The van der Waals surface area contributed by atoms with Crippen molar-refractivity contribution in [3.63, 3.8) is 0 Å². The lowest BCUT2D eigenvalue weighted by atomic mass is 9.82. The molecule has 0 aliphatic heterocycles. The number of aryl methyl sites for hydroxylation is 1. The van der Waals surface area contributed by atoms with Crippen LogP contribution in [0.4, 0.5) is 0 Å². The molecule has 0 amide bonds. The second-order valence-electron chi connectivity index (χ2n) is 6.10. The molecule has 2 atom stereocenters. The first-order valence-electron chi connectivity index (χ1n) is 7.82. The van der Waals surface area contributed by atoms with Crippen molar-refractivity contribution in [2.45, 2.75) is 70.4 Å². The van der Waals surface area contributed by atoms with Crippen LogP contribution in [0.2, 0.25) is 4.34 Å². The molecule has 1 saturated carbocycles. The first kappa shape index (κ1) is 13.9. The average Bonchev–Trinajstić information content (AvgIpc) is 2.97. The Morgan fingerprint density at radius 3 is 2.84 bits per heavy atom. The first-order chi connectivity index (χ1) is 9.28. The topological polar surface area (TPSA) is 12.0 Å². The molecule has 1 heterocycles. The van der Waals surface area contributed by atoms with Gasteiger partial charge in [-0.05, 0) is 49.7 Å². The summed E-state index contributed by atoms with van der Waals surface area (Å²) in [4.78, 5) is 1.51. The zero-order chi connectivity index (χ0) is 13.2. The van der Waals surface area contributed by atoms with E-state index in [-0.39, 0.29) is 0 Å². The Balaban J connectivity index is 1.66. The van der Waals surface area contributed by atoms with E-state index >= 15 is 0 Å². The Bertz CT molecular complexity index is 422. The Hall–Kier alpha value is -0.0500. The summed E-state index contributed by atoms with van der Waals surface area (Å²) in [5.41, 5.74) is 1.49. The van der Waals surface area contributed by atoms with Crippen LogP contribution in [-0.4, -0.2) is 6.04 Å². The average molecular weight is 298 g/mol. The fraction of sp³-hybridized carbons (Fsp3) is 0.750. The van der Waals surface area contributed by atoms with E-state index in [1.54, 1.807) is 11.3 Å². The van der Waals surface area contributed by atoms with Gasteiger partial charge >= 0.3 is 0 Å². The summed E-state index contributed by atoms with van der Waals surface area (Å²) in [5.74, 6) is 0.900. The van der Waals surface area contributed by atoms with Crippen molar-refractivity contribution in [3.8, 4) is 0 Å². The zero-order valence-corrected chi connectivity index (χ0v) is 13.3. The second kappa shape index (κ2) is 6.15. The lowest BCUT2D eigenvalue weighted by Crippen LogP contribution is -2.38. The fourth-order valence-electron chi connectivity index (χ4n) is 3.89. The number of thiophene rings is 1. The molecule has 1 aromatic heterocycles. The lowest BCUT2D eigenvalue weighted by molar-refractivity contribution is 0.245. The Morgan fingerprint density at radius 1 is 1.32 bits per heavy atom. The van der Waals surface area contributed by atoms with E-state index < -0.39 is 0 Å². The molecule has 3 rings (SSSR count). The maximum atomic E-state index is 6.15. The molecule has 2 aliphatic carbocycles. The van der Waals surface area contributed by atoms with Crippen LogP contribution in [0.1, 0.15) is 68.4 Å². The van der Waals surface area contributed by atoms with Gasteiger partial charge in [-0.1, -0.05) is 37.8 Å². The van der Waals surface area contributed by atoms with Gasteiger partial charge in [0.1, 0.15) is 0 Å². The molecule has 0 spiro atoms. The van der Waals surface area contributed by atoms with Crippen LogP contribution in [0.5, 0.6) is 0 Å². The largest absolute Gasteiger partial charge is 0.307 e. The van der Waals surface area contributed by atoms with Crippen LogP contribution in [-0.2, 0) is 6.42 Å². The first-order valence-corrected chi connectivity index (χ1v) is 9.01. The van der Waals surface area contributed by atoms with Crippen LogP contribution in [0, 0.1) is 5.92 Å². The van der Waals surface area contributed by atoms with Gasteiger partial charge in [-0.25, -0.2) is 0 Å². The zero-order valence-electron chi connectivity index (χ0n) is 11.8. The summed E-state index contributed by atoms with van der Waals surface area (Å²) in [6.07, 6.45) is 10.9. The SMILES string of the molecule is CCC(NC1CCc2sc(Cl)cc21)C1CCCCC1. The highest BCUT2D eigenvalue weighted by molar-refractivity contribution is 7.16. The van der Waals surface area contributed by atoms with E-state index in [9.17, 15) is 0 Å². The van der Waals surface area contributed by atoms with Crippen molar-refractivity contribution in [3.05, 3.63) is 20.8 Å². The monoisotopic (exact) mass is 297 g/mol. The maximum absolute atomic E-state index is 6.15. The number of hydrogen-bond acceptors (Lipinski definition) is 2. The van der Waals surface area contributed by atoms with Crippen molar-refractivity contribution >= 4 is 22.9 Å². The van der Waals surface area contributed by atoms with Gasteiger partial charge in [-0.3, -0.25) is 0 Å². The lowest BCUT2D eigenvalue weighted by Gasteiger charge is -2.32. The number of halogens is 1. The van der Waals surface area contributed by atoms with Crippen LogP contribution in [0.3, 0.4) is 0 Å². The van der Waals surface area contributed by atoms with Crippen molar-refractivity contribution in [1.82, 2.24) is 5.32 Å². The minimum Gasteiger partial charge on any atom is -0.307 e. The molecule has 106 valence electrons. The van der Waals surface area contributed by atoms with E-state index in [4.69, 9.17) is 11.6 Å². The predicted molar refractivity (Wildman–Crippen MR) is 84.2 cm³/mol. The fourth-order valence-corrected chi connectivity index (χ4v) is 5.24. The number of rotatable bonds is 4. The van der Waals surface area contributed by atoms with E-state index in [0.717, 1.165) is 10.3 Å². The standard InChI is InChI=1S/C16H24ClNS/c1-2-13(11-6-4-3-5-7-11)18-14-8-9-15-12(14)10-16(17)19-15/h10-11,13-14,18H,2-9H2,1H3. The van der Waals surface area contributed by atoms with E-state index in [2.05, 4.69) is 18.3 Å². The molecule has 1 fully saturated rings. The molecule has 0 aromatic carbocycles. The Kier molecular flexibility index (Phi) is 4.51. The van der Waals surface area contributed by atoms with Crippen LogP contribution in [0.15, 0.2) is 6.07 Å². The summed E-state index contributed by atoms with van der Waals surface area (Å²) in [6.45, 7) is 2.34. The molecule has 3 heteroatoms. The van der Waals surface area contributed by atoms with Gasteiger partial charge < -0.3 is 5.32 Å². The molecule has 2 aliphatic rings. The van der Waals surface area contributed by atoms with Gasteiger partial charge in [0.25, 0.3) is 0 Å². The minimum atomic E-state index is 0.561. The van der Waals surface area contributed by atoms with Crippen molar-refractivity contribution in [1.29, 1.82) is 0 Å². The third kappa shape index (κ3) is 3.01. The van der Waals surface area contributed by atoms with Gasteiger partial charge in [0.05, 0.1) is 4.34 Å². The molecule has 0 radical (unpaired) electrons. The summed E-state index contributed by atoms with van der Waals surface area (Å²) < 4.78 is 0.960. The van der Waals surface area contributed by atoms with Crippen molar-refractivity contribution in [2.24, 2.45) is 5.92 Å². The van der Waals surface area contributed by atoms with Gasteiger partial charge in [0, 0.05) is 17.0 Å². The quantitative estimate of drug-likeness (QED) is 0.791. The molecule has 0 saturated heterocycles. The summed E-state index contributed by atoms with van der Waals surface area (Å²) in [6, 6.07) is 3.46. The molecular weight excluding hydrogens is 274 g/mol. The Labute approximate surface area is 125 Å². The van der Waals surface area contributed by atoms with Gasteiger partial charge in [0.2, 0.25) is 0 Å². The minimum absolute atomic E-state index is 0.561.